The molecule has 8 heteroatoms. The zero-order valence-electron chi connectivity index (χ0n) is 11.9. The molecule has 3 aromatic rings. The van der Waals surface area contributed by atoms with Gasteiger partial charge in [-0.25, -0.2) is 4.98 Å². The van der Waals surface area contributed by atoms with Crippen LogP contribution < -0.4 is 10.6 Å². The van der Waals surface area contributed by atoms with Gasteiger partial charge in [-0.1, -0.05) is 6.07 Å². The highest BCUT2D eigenvalue weighted by molar-refractivity contribution is 7.14. The Hall–Kier alpha value is -2.45. The molecule has 0 aliphatic rings. The maximum absolute atomic E-state index is 11.9. The van der Waals surface area contributed by atoms with E-state index in [1.807, 2.05) is 17.5 Å². The summed E-state index contributed by atoms with van der Waals surface area (Å²) in [5, 5.41) is 9.63. The maximum atomic E-state index is 11.9. The predicted octanol–water partition coefficient (Wildman–Crippen LogP) is 2.91. The Kier molecular flexibility index (Phi) is 4.84. The van der Waals surface area contributed by atoms with Gasteiger partial charge in [0.05, 0.1) is 24.9 Å². The van der Waals surface area contributed by atoms with E-state index in [-0.39, 0.29) is 24.0 Å². The van der Waals surface area contributed by atoms with Crippen LogP contribution in [0.4, 0.5) is 5.13 Å². The van der Waals surface area contributed by atoms with Gasteiger partial charge < -0.3 is 9.73 Å². The quantitative estimate of drug-likeness (QED) is 0.718. The molecule has 0 aliphatic carbocycles. The molecular formula is C15H13N3O3S2. The van der Waals surface area contributed by atoms with Crippen molar-refractivity contribution in [2.75, 3.05) is 5.32 Å². The normalized spacial score (nSPS) is 10.4. The van der Waals surface area contributed by atoms with Crippen molar-refractivity contribution in [2.45, 2.75) is 13.0 Å². The number of thiophene rings is 1. The van der Waals surface area contributed by atoms with Crippen molar-refractivity contribution in [3.63, 3.8) is 0 Å². The lowest BCUT2D eigenvalue weighted by molar-refractivity contribution is -0.120. The molecule has 0 unspecified atom stereocenters. The van der Waals surface area contributed by atoms with E-state index in [4.69, 9.17) is 4.42 Å². The fourth-order valence-corrected chi connectivity index (χ4v) is 3.19. The van der Waals surface area contributed by atoms with Crippen LogP contribution in [0.25, 0.3) is 0 Å². The van der Waals surface area contributed by atoms with Gasteiger partial charge in [-0.05, 0) is 23.6 Å². The van der Waals surface area contributed by atoms with E-state index in [2.05, 4.69) is 15.6 Å². The lowest BCUT2D eigenvalue weighted by atomic mass is 10.3. The number of hydrogen-bond donors (Lipinski definition) is 2. The second-order valence-corrected chi connectivity index (χ2v) is 6.50. The summed E-state index contributed by atoms with van der Waals surface area (Å²) in [5.41, 5.74) is 0.619. The van der Waals surface area contributed by atoms with E-state index in [1.54, 1.807) is 28.8 Å². The molecule has 0 radical (unpaired) electrons. The Labute approximate surface area is 140 Å². The standard InChI is InChI=1S/C15H13N3O3S2/c19-13(16-8-11-3-2-6-22-11)7-10-9-23-15(17-10)18-14(20)12-4-1-5-21-12/h1-6,9H,7-8H2,(H,16,19)(H,17,18,20). The number of thiazole rings is 1. The summed E-state index contributed by atoms with van der Waals surface area (Å²) in [6.45, 7) is 0.517. The number of nitrogens with one attached hydrogen (secondary N) is 2. The van der Waals surface area contributed by atoms with Crippen molar-refractivity contribution in [1.82, 2.24) is 10.3 Å². The molecule has 0 aliphatic heterocycles. The third kappa shape index (κ3) is 4.27. The van der Waals surface area contributed by atoms with E-state index < -0.39 is 0 Å². The Balaban J connectivity index is 1.50. The van der Waals surface area contributed by atoms with Gasteiger partial charge >= 0.3 is 0 Å². The van der Waals surface area contributed by atoms with Crippen LogP contribution in [-0.4, -0.2) is 16.8 Å². The van der Waals surface area contributed by atoms with Gasteiger partial charge in [-0.2, -0.15) is 0 Å². The number of anilines is 1. The first kappa shape index (κ1) is 15.4. The Morgan fingerprint density at radius 2 is 2.13 bits per heavy atom. The monoisotopic (exact) mass is 347 g/mol. The lowest BCUT2D eigenvalue weighted by Crippen LogP contribution is -2.24. The number of aromatic nitrogens is 1. The summed E-state index contributed by atoms with van der Waals surface area (Å²) in [6, 6.07) is 7.12. The summed E-state index contributed by atoms with van der Waals surface area (Å²) >= 11 is 2.87. The van der Waals surface area contributed by atoms with Crippen molar-refractivity contribution in [3.05, 3.63) is 57.6 Å². The molecule has 3 rings (SSSR count). The molecular weight excluding hydrogens is 334 g/mol. The minimum absolute atomic E-state index is 0.104. The SMILES string of the molecule is O=C(Cc1csc(NC(=O)c2ccco2)n1)NCc1cccs1. The van der Waals surface area contributed by atoms with Crippen molar-refractivity contribution in [2.24, 2.45) is 0 Å². The predicted molar refractivity (Wildman–Crippen MR) is 88.6 cm³/mol. The van der Waals surface area contributed by atoms with Crippen molar-refractivity contribution in [1.29, 1.82) is 0 Å². The van der Waals surface area contributed by atoms with Gasteiger partial charge in [0, 0.05) is 10.3 Å². The zero-order chi connectivity index (χ0) is 16.1. The first-order valence-corrected chi connectivity index (χ1v) is 8.55. The molecule has 118 valence electrons. The average Bonchev–Trinajstić information content (AvgIpc) is 3.28. The van der Waals surface area contributed by atoms with Crippen molar-refractivity contribution in [3.8, 4) is 0 Å². The van der Waals surface area contributed by atoms with Gasteiger partial charge in [0.2, 0.25) is 5.91 Å². The fourth-order valence-electron chi connectivity index (χ4n) is 1.84. The third-order valence-corrected chi connectivity index (χ3v) is 4.58. The van der Waals surface area contributed by atoms with Crippen LogP contribution in [0.3, 0.4) is 0 Å². The number of nitrogens with zero attached hydrogens (tertiary/aromatic N) is 1. The van der Waals surface area contributed by atoms with Crippen molar-refractivity contribution >= 4 is 39.6 Å². The second kappa shape index (κ2) is 7.21. The minimum Gasteiger partial charge on any atom is -0.459 e. The maximum Gasteiger partial charge on any atom is 0.293 e. The minimum atomic E-state index is -0.363. The highest BCUT2D eigenvalue weighted by Gasteiger charge is 2.12. The zero-order valence-corrected chi connectivity index (χ0v) is 13.6. The largest absolute Gasteiger partial charge is 0.459 e. The molecule has 0 atom stereocenters. The number of amides is 2. The number of carbonyl (C=O) groups excluding carboxylic acids is 2. The molecule has 0 bridgehead atoms. The molecule has 0 saturated heterocycles. The number of furan rings is 1. The van der Waals surface area contributed by atoms with Gasteiger partial charge in [-0.3, -0.25) is 14.9 Å². The summed E-state index contributed by atoms with van der Waals surface area (Å²) in [5.74, 6) is -0.249. The number of rotatable bonds is 6. The molecule has 3 heterocycles. The molecule has 0 aromatic carbocycles. The van der Waals surface area contributed by atoms with Gasteiger partial charge in [0.1, 0.15) is 0 Å². The van der Waals surface area contributed by atoms with E-state index in [1.165, 1.54) is 17.6 Å². The highest BCUT2D eigenvalue weighted by Crippen LogP contribution is 2.17. The van der Waals surface area contributed by atoms with E-state index >= 15 is 0 Å². The van der Waals surface area contributed by atoms with Crippen LogP contribution in [0, 0.1) is 0 Å². The average molecular weight is 347 g/mol. The molecule has 2 amide bonds. The smallest absolute Gasteiger partial charge is 0.293 e. The van der Waals surface area contributed by atoms with Gasteiger partial charge in [-0.15, -0.1) is 22.7 Å². The molecule has 6 nitrogen and oxygen atoms in total. The lowest BCUT2D eigenvalue weighted by Gasteiger charge is -2.01. The van der Waals surface area contributed by atoms with Crippen LogP contribution in [0.2, 0.25) is 0 Å². The number of hydrogen-bond acceptors (Lipinski definition) is 6. The molecule has 23 heavy (non-hydrogen) atoms. The summed E-state index contributed by atoms with van der Waals surface area (Å²) < 4.78 is 5.01. The van der Waals surface area contributed by atoms with E-state index in [0.717, 1.165) is 4.88 Å². The summed E-state index contributed by atoms with van der Waals surface area (Å²) in [7, 11) is 0. The van der Waals surface area contributed by atoms with Gasteiger partial charge in [0.25, 0.3) is 5.91 Å². The van der Waals surface area contributed by atoms with Crippen LogP contribution in [-0.2, 0) is 17.8 Å². The van der Waals surface area contributed by atoms with Crippen LogP contribution in [0.5, 0.6) is 0 Å². The van der Waals surface area contributed by atoms with Crippen LogP contribution in [0.1, 0.15) is 21.1 Å². The summed E-state index contributed by atoms with van der Waals surface area (Å²) in [4.78, 5) is 29.0. The topological polar surface area (TPSA) is 84.2 Å². The first-order chi connectivity index (χ1) is 11.2. The molecule has 3 aromatic heterocycles. The molecule has 2 N–H and O–H groups in total. The van der Waals surface area contributed by atoms with Crippen LogP contribution in [0.15, 0.2) is 45.7 Å². The summed E-state index contributed by atoms with van der Waals surface area (Å²) in [6.07, 6.45) is 1.61. The van der Waals surface area contributed by atoms with E-state index in [0.29, 0.717) is 17.4 Å². The third-order valence-electron chi connectivity index (χ3n) is 2.90. The molecule has 0 saturated carbocycles. The van der Waals surface area contributed by atoms with Gasteiger partial charge in [0.15, 0.2) is 10.9 Å². The fraction of sp³-hybridized carbons (Fsp3) is 0.133. The first-order valence-electron chi connectivity index (χ1n) is 6.79. The Morgan fingerprint density at radius 3 is 2.87 bits per heavy atom. The second-order valence-electron chi connectivity index (χ2n) is 4.61. The molecule has 0 spiro atoms. The molecule has 0 fully saturated rings. The Bertz CT molecular complexity index is 779. The van der Waals surface area contributed by atoms with Crippen LogP contribution >= 0.6 is 22.7 Å². The van der Waals surface area contributed by atoms with Crippen molar-refractivity contribution < 1.29 is 14.0 Å². The highest BCUT2D eigenvalue weighted by atomic mass is 32.1. The Morgan fingerprint density at radius 1 is 1.22 bits per heavy atom. The van der Waals surface area contributed by atoms with E-state index in [9.17, 15) is 9.59 Å². The number of carbonyl (C=O) groups is 2.